The summed E-state index contributed by atoms with van der Waals surface area (Å²) in [5.74, 6) is -0.908. The van der Waals surface area contributed by atoms with Crippen LogP contribution in [-0.2, 0) is 11.8 Å². The predicted octanol–water partition coefficient (Wildman–Crippen LogP) is 1.81. The molecule has 90 valence electrons. The van der Waals surface area contributed by atoms with Gasteiger partial charge in [-0.25, -0.2) is 0 Å². The van der Waals surface area contributed by atoms with E-state index in [0.717, 1.165) is 16.5 Å². The Labute approximate surface area is 106 Å². The van der Waals surface area contributed by atoms with Gasteiger partial charge in [-0.05, 0) is 27.6 Å². The Hall–Kier alpha value is -1.40. The zero-order valence-electron chi connectivity index (χ0n) is 9.22. The van der Waals surface area contributed by atoms with Gasteiger partial charge in [-0.1, -0.05) is 12.1 Å². The lowest BCUT2D eigenvalue weighted by Crippen LogP contribution is -2.15. The van der Waals surface area contributed by atoms with Crippen LogP contribution in [0.3, 0.4) is 0 Å². The highest BCUT2D eigenvalue weighted by Gasteiger charge is 2.17. The minimum atomic E-state index is -0.908. The molecule has 2 aromatic rings. The van der Waals surface area contributed by atoms with Crippen LogP contribution in [0.25, 0.3) is 10.9 Å². The normalized spacial score (nSPS) is 12.9. The van der Waals surface area contributed by atoms with Crippen molar-refractivity contribution < 1.29 is 9.90 Å². The molecule has 2 rings (SSSR count). The molecule has 1 aromatic heterocycles. The van der Waals surface area contributed by atoms with Crippen LogP contribution in [0.1, 0.15) is 18.0 Å². The first kappa shape index (κ1) is 12.1. The molecule has 1 atom stereocenters. The number of rotatable bonds is 3. The maximum absolute atomic E-state index is 10.7. The minimum absolute atomic E-state index is 0.0968. The van der Waals surface area contributed by atoms with Gasteiger partial charge in [0.25, 0.3) is 0 Å². The van der Waals surface area contributed by atoms with Gasteiger partial charge in [-0.3, -0.25) is 9.48 Å². The van der Waals surface area contributed by atoms with Gasteiger partial charge in [-0.15, -0.1) is 0 Å². The van der Waals surface area contributed by atoms with E-state index in [4.69, 9.17) is 10.8 Å². The lowest BCUT2D eigenvalue weighted by Gasteiger charge is -2.10. The third-order valence-electron chi connectivity index (χ3n) is 2.66. The molecule has 5 nitrogen and oxygen atoms in total. The van der Waals surface area contributed by atoms with E-state index in [2.05, 4.69) is 21.0 Å². The number of aromatic nitrogens is 2. The SMILES string of the molecule is Cn1nc(Br)c2c(C(N)CC(=O)O)cccc21. The van der Waals surface area contributed by atoms with E-state index in [1.807, 2.05) is 25.2 Å². The maximum atomic E-state index is 10.7. The van der Waals surface area contributed by atoms with Gasteiger partial charge in [0.1, 0.15) is 4.60 Å². The fraction of sp³-hybridized carbons (Fsp3) is 0.273. The Morgan fingerprint density at radius 3 is 3.00 bits per heavy atom. The Morgan fingerprint density at radius 2 is 2.35 bits per heavy atom. The topological polar surface area (TPSA) is 81.1 Å². The summed E-state index contributed by atoms with van der Waals surface area (Å²) in [4.78, 5) is 10.7. The van der Waals surface area contributed by atoms with Gasteiger partial charge in [0, 0.05) is 18.5 Å². The zero-order valence-corrected chi connectivity index (χ0v) is 10.8. The van der Waals surface area contributed by atoms with Crippen molar-refractivity contribution >= 4 is 32.8 Å². The first-order valence-electron chi connectivity index (χ1n) is 5.09. The first-order valence-corrected chi connectivity index (χ1v) is 5.88. The summed E-state index contributed by atoms with van der Waals surface area (Å²) in [6.45, 7) is 0. The van der Waals surface area contributed by atoms with E-state index < -0.39 is 12.0 Å². The number of nitrogens with zero attached hydrogens (tertiary/aromatic N) is 2. The number of carboxylic acids is 1. The van der Waals surface area contributed by atoms with Crippen LogP contribution in [0.5, 0.6) is 0 Å². The number of hydrogen-bond donors (Lipinski definition) is 2. The van der Waals surface area contributed by atoms with Gasteiger partial charge in [-0.2, -0.15) is 5.10 Å². The summed E-state index contributed by atoms with van der Waals surface area (Å²) < 4.78 is 2.42. The molecule has 1 heterocycles. The molecule has 0 saturated heterocycles. The molecule has 0 aliphatic heterocycles. The number of carboxylic acid groups (broad SMARTS) is 1. The summed E-state index contributed by atoms with van der Waals surface area (Å²) in [5, 5.41) is 13.9. The molecule has 0 aliphatic rings. The van der Waals surface area contributed by atoms with Crippen molar-refractivity contribution in [1.29, 1.82) is 0 Å². The lowest BCUT2D eigenvalue weighted by molar-refractivity contribution is -0.137. The van der Waals surface area contributed by atoms with Gasteiger partial charge >= 0.3 is 5.97 Å². The second kappa shape index (κ2) is 4.46. The average molecular weight is 298 g/mol. The van der Waals surface area contributed by atoms with Crippen LogP contribution in [0, 0.1) is 0 Å². The second-order valence-electron chi connectivity index (χ2n) is 3.86. The fourth-order valence-corrected chi connectivity index (χ4v) is 2.56. The first-order chi connectivity index (χ1) is 8.00. The number of aryl methyl sites for hydroxylation is 1. The number of nitrogens with two attached hydrogens (primary N) is 1. The smallest absolute Gasteiger partial charge is 0.305 e. The highest BCUT2D eigenvalue weighted by molar-refractivity contribution is 9.10. The number of hydrogen-bond acceptors (Lipinski definition) is 3. The number of carbonyl (C=O) groups is 1. The van der Waals surface area contributed by atoms with E-state index in [0.29, 0.717) is 4.60 Å². The fourth-order valence-electron chi connectivity index (χ4n) is 1.89. The molecule has 0 bridgehead atoms. The molecule has 0 spiro atoms. The Bertz CT molecular complexity index is 579. The van der Waals surface area contributed by atoms with Crippen molar-refractivity contribution in [1.82, 2.24) is 9.78 Å². The van der Waals surface area contributed by atoms with Gasteiger partial charge in [0.05, 0.1) is 11.9 Å². The van der Waals surface area contributed by atoms with E-state index in [9.17, 15) is 4.79 Å². The molecule has 0 amide bonds. The van der Waals surface area contributed by atoms with Crippen LogP contribution in [-0.4, -0.2) is 20.9 Å². The monoisotopic (exact) mass is 297 g/mol. The molecule has 6 heteroatoms. The Kier molecular flexibility index (Phi) is 3.17. The van der Waals surface area contributed by atoms with Gasteiger partial charge in [0.15, 0.2) is 0 Å². The standard InChI is InChI=1S/C11H12BrN3O2/c1-15-8-4-2-3-6(7(13)5-9(16)17)10(8)11(12)14-15/h2-4,7H,5,13H2,1H3,(H,16,17). The molecule has 3 N–H and O–H groups in total. The molecule has 0 fully saturated rings. The lowest BCUT2D eigenvalue weighted by atomic mass is 10.0. The van der Waals surface area contributed by atoms with E-state index in [1.54, 1.807) is 4.68 Å². The Morgan fingerprint density at radius 1 is 1.65 bits per heavy atom. The largest absolute Gasteiger partial charge is 0.481 e. The average Bonchev–Trinajstić information content (AvgIpc) is 2.54. The highest BCUT2D eigenvalue weighted by Crippen LogP contribution is 2.30. The van der Waals surface area contributed by atoms with E-state index in [-0.39, 0.29) is 6.42 Å². The number of benzene rings is 1. The van der Waals surface area contributed by atoms with E-state index >= 15 is 0 Å². The molecule has 0 radical (unpaired) electrons. The maximum Gasteiger partial charge on any atom is 0.305 e. The second-order valence-corrected chi connectivity index (χ2v) is 4.61. The van der Waals surface area contributed by atoms with Crippen molar-refractivity contribution in [3.05, 3.63) is 28.4 Å². The molecule has 17 heavy (non-hydrogen) atoms. The third kappa shape index (κ3) is 2.18. The number of halogens is 1. The predicted molar refractivity (Wildman–Crippen MR) is 67.6 cm³/mol. The van der Waals surface area contributed by atoms with Crippen LogP contribution in [0.15, 0.2) is 22.8 Å². The minimum Gasteiger partial charge on any atom is -0.481 e. The van der Waals surface area contributed by atoms with Crippen LogP contribution >= 0.6 is 15.9 Å². The van der Waals surface area contributed by atoms with Crippen molar-refractivity contribution in [2.75, 3.05) is 0 Å². The van der Waals surface area contributed by atoms with Crippen molar-refractivity contribution in [3.8, 4) is 0 Å². The summed E-state index contributed by atoms with van der Waals surface area (Å²) in [7, 11) is 1.83. The van der Waals surface area contributed by atoms with Crippen molar-refractivity contribution in [2.45, 2.75) is 12.5 Å². The summed E-state index contributed by atoms with van der Waals surface area (Å²) in [6.07, 6.45) is -0.0968. The van der Waals surface area contributed by atoms with Crippen molar-refractivity contribution in [3.63, 3.8) is 0 Å². The summed E-state index contributed by atoms with van der Waals surface area (Å²) in [6, 6.07) is 5.08. The van der Waals surface area contributed by atoms with Crippen LogP contribution in [0.2, 0.25) is 0 Å². The molecular formula is C11H12BrN3O2. The molecule has 0 aliphatic carbocycles. The summed E-state index contributed by atoms with van der Waals surface area (Å²) >= 11 is 3.37. The molecule has 1 unspecified atom stereocenters. The molecule has 0 saturated carbocycles. The molecular weight excluding hydrogens is 286 g/mol. The summed E-state index contributed by atoms with van der Waals surface area (Å²) in [5.41, 5.74) is 7.62. The number of fused-ring (bicyclic) bond motifs is 1. The molecule has 1 aromatic carbocycles. The van der Waals surface area contributed by atoms with Gasteiger partial charge in [0.2, 0.25) is 0 Å². The Balaban J connectivity index is 2.57. The highest BCUT2D eigenvalue weighted by atomic mass is 79.9. The van der Waals surface area contributed by atoms with Crippen LogP contribution < -0.4 is 5.73 Å². The van der Waals surface area contributed by atoms with Gasteiger partial charge < -0.3 is 10.8 Å². The van der Waals surface area contributed by atoms with Crippen LogP contribution in [0.4, 0.5) is 0 Å². The van der Waals surface area contributed by atoms with E-state index in [1.165, 1.54) is 0 Å². The van der Waals surface area contributed by atoms with Crippen molar-refractivity contribution in [2.24, 2.45) is 12.8 Å². The third-order valence-corrected chi connectivity index (χ3v) is 3.22. The quantitative estimate of drug-likeness (QED) is 0.905. The zero-order chi connectivity index (χ0) is 12.6. The number of aliphatic carboxylic acids is 1.